The second-order valence-corrected chi connectivity index (χ2v) is 3.60. The normalized spacial score (nSPS) is 9.67. The number of carbonyl (C=O) groups is 2. The molecule has 0 aromatic heterocycles. The van der Waals surface area contributed by atoms with Crippen molar-refractivity contribution in [2.24, 2.45) is 0 Å². The Hall–Kier alpha value is -2.15. The standard InChI is InChI=1S/C10H9ClN2O5/c1-12-9(14)5-18-10(15)7-4-6(11)2-3-8(7)13(16)17/h2-4H,5H2,1H3,(H,12,14). The van der Waals surface area contributed by atoms with Crippen LogP contribution in [0.2, 0.25) is 5.02 Å². The zero-order valence-corrected chi connectivity index (χ0v) is 10.1. The fraction of sp³-hybridized carbons (Fsp3) is 0.200. The Bertz CT molecular complexity index is 503. The Morgan fingerprint density at radius 3 is 2.72 bits per heavy atom. The van der Waals surface area contributed by atoms with E-state index in [4.69, 9.17) is 11.6 Å². The van der Waals surface area contributed by atoms with Crippen LogP contribution >= 0.6 is 11.6 Å². The first-order chi connectivity index (χ1) is 8.45. The van der Waals surface area contributed by atoms with Crippen LogP contribution in [-0.4, -0.2) is 30.5 Å². The van der Waals surface area contributed by atoms with Crippen molar-refractivity contribution in [3.63, 3.8) is 0 Å². The summed E-state index contributed by atoms with van der Waals surface area (Å²) >= 11 is 5.65. The third-order valence-electron chi connectivity index (χ3n) is 1.99. The molecule has 0 bridgehead atoms. The van der Waals surface area contributed by atoms with E-state index in [2.05, 4.69) is 10.1 Å². The minimum atomic E-state index is -0.979. The maximum absolute atomic E-state index is 11.6. The number of nitro groups is 1. The van der Waals surface area contributed by atoms with Crippen molar-refractivity contribution in [1.82, 2.24) is 5.32 Å². The quantitative estimate of drug-likeness (QED) is 0.503. The van der Waals surface area contributed by atoms with Crippen molar-refractivity contribution in [2.75, 3.05) is 13.7 Å². The summed E-state index contributed by atoms with van der Waals surface area (Å²) in [5.74, 6) is -1.50. The largest absolute Gasteiger partial charge is 0.452 e. The molecule has 0 radical (unpaired) electrons. The minimum Gasteiger partial charge on any atom is -0.452 e. The molecule has 0 aliphatic rings. The lowest BCUT2D eigenvalue weighted by atomic mass is 10.2. The second-order valence-electron chi connectivity index (χ2n) is 3.17. The Balaban J connectivity index is 2.93. The number of amides is 1. The highest BCUT2D eigenvalue weighted by atomic mass is 35.5. The average molecular weight is 273 g/mol. The predicted molar refractivity (Wildman–Crippen MR) is 62.5 cm³/mol. The van der Waals surface area contributed by atoms with Gasteiger partial charge in [0.15, 0.2) is 6.61 Å². The van der Waals surface area contributed by atoms with Gasteiger partial charge in [-0.05, 0) is 12.1 Å². The number of nitro benzene ring substituents is 1. The molecule has 1 amide bonds. The van der Waals surface area contributed by atoms with E-state index in [1.165, 1.54) is 13.1 Å². The van der Waals surface area contributed by atoms with Crippen LogP contribution in [0.5, 0.6) is 0 Å². The third kappa shape index (κ3) is 3.42. The van der Waals surface area contributed by atoms with Crippen molar-refractivity contribution in [1.29, 1.82) is 0 Å². The summed E-state index contributed by atoms with van der Waals surface area (Å²) in [5.41, 5.74) is -0.724. The third-order valence-corrected chi connectivity index (χ3v) is 2.22. The van der Waals surface area contributed by atoms with E-state index in [1.54, 1.807) is 0 Å². The molecule has 0 fully saturated rings. The van der Waals surface area contributed by atoms with Gasteiger partial charge in [-0.15, -0.1) is 0 Å². The maximum Gasteiger partial charge on any atom is 0.345 e. The summed E-state index contributed by atoms with van der Waals surface area (Å²) in [4.78, 5) is 32.4. The van der Waals surface area contributed by atoms with E-state index in [-0.39, 0.29) is 10.6 Å². The molecule has 0 saturated heterocycles. The van der Waals surface area contributed by atoms with Gasteiger partial charge in [-0.1, -0.05) is 11.6 Å². The van der Waals surface area contributed by atoms with Crippen molar-refractivity contribution in [2.45, 2.75) is 0 Å². The highest BCUT2D eigenvalue weighted by Crippen LogP contribution is 2.23. The summed E-state index contributed by atoms with van der Waals surface area (Å²) in [6.45, 7) is -0.515. The molecular weight excluding hydrogens is 264 g/mol. The van der Waals surface area contributed by atoms with Crippen molar-refractivity contribution >= 4 is 29.2 Å². The van der Waals surface area contributed by atoms with E-state index in [0.717, 1.165) is 12.1 Å². The van der Waals surface area contributed by atoms with E-state index >= 15 is 0 Å². The van der Waals surface area contributed by atoms with Crippen LogP contribution in [0, 0.1) is 10.1 Å². The van der Waals surface area contributed by atoms with Gasteiger partial charge in [0, 0.05) is 18.1 Å². The first-order valence-corrected chi connectivity index (χ1v) is 5.15. The Morgan fingerprint density at radius 1 is 1.50 bits per heavy atom. The molecule has 0 heterocycles. The van der Waals surface area contributed by atoms with E-state index < -0.39 is 29.1 Å². The molecule has 0 saturated carbocycles. The van der Waals surface area contributed by atoms with Crippen LogP contribution in [-0.2, 0) is 9.53 Å². The lowest BCUT2D eigenvalue weighted by Crippen LogP contribution is -2.25. The van der Waals surface area contributed by atoms with Crippen LogP contribution < -0.4 is 5.32 Å². The molecule has 0 aliphatic carbocycles. The maximum atomic E-state index is 11.6. The van der Waals surface area contributed by atoms with Crippen molar-refractivity contribution in [3.8, 4) is 0 Å². The molecule has 1 N–H and O–H groups in total. The van der Waals surface area contributed by atoms with Crippen LogP contribution in [0.15, 0.2) is 18.2 Å². The van der Waals surface area contributed by atoms with Gasteiger partial charge in [0.05, 0.1) is 4.92 Å². The number of likely N-dealkylation sites (N-methyl/N-ethyl adjacent to an activating group) is 1. The monoisotopic (exact) mass is 272 g/mol. The smallest absolute Gasteiger partial charge is 0.345 e. The lowest BCUT2D eigenvalue weighted by molar-refractivity contribution is -0.385. The number of carbonyl (C=O) groups excluding carboxylic acids is 2. The lowest BCUT2D eigenvalue weighted by Gasteiger charge is -2.04. The second kappa shape index (κ2) is 5.97. The minimum absolute atomic E-state index is 0.160. The Morgan fingerprint density at radius 2 is 2.17 bits per heavy atom. The summed E-state index contributed by atoms with van der Waals surface area (Å²) in [7, 11) is 1.37. The molecule has 1 aromatic carbocycles. The van der Waals surface area contributed by atoms with E-state index in [9.17, 15) is 19.7 Å². The Kier molecular flexibility index (Phi) is 4.61. The molecule has 0 unspecified atom stereocenters. The number of benzene rings is 1. The predicted octanol–water partition coefficient (Wildman–Crippen LogP) is 1.15. The summed E-state index contributed by atoms with van der Waals surface area (Å²) < 4.78 is 4.61. The summed E-state index contributed by atoms with van der Waals surface area (Å²) in [6, 6.07) is 3.50. The molecule has 0 atom stereocenters. The van der Waals surface area contributed by atoms with Crippen molar-refractivity contribution in [3.05, 3.63) is 38.9 Å². The number of ether oxygens (including phenoxy) is 1. The zero-order chi connectivity index (χ0) is 13.7. The molecule has 0 aliphatic heterocycles. The van der Waals surface area contributed by atoms with Gasteiger partial charge in [0.2, 0.25) is 0 Å². The average Bonchev–Trinajstić information content (AvgIpc) is 2.34. The molecule has 1 aromatic rings. The molecule has 96 valence electrons. The molecule has 7 nitrogen and oxygen atoms in total. The topological polar surface area (TPSA) is 98.5 Å². The highest BCUT2D eigenvalue weighted by Gasteiger charge is 2.22. The first-order valence-electron chi connectivity index (χ1n) is 4.77. The first kappa shape index (κ1) is 13.9. The van der Waals surface area contributed by atoms with E-state index in [1.807, 2.05) is 0 Å². The van der Waals surface area contributed by atoms with Gasteiger partial charge in [-0.2, -0.15) is 0 Å². The SMILES string of the molecule is CNC(=O)COC(=O)c1cc(Cl)ccc1[N+](=O)[O-]. The number of esters is 1. The Labute approximate surface area is 107 Å². The molecule has 0 spiro atoms. The number of nitrogens with one attached hydrogen (secondary N) is 1. The van der Waals surface area contributed by atoms with Gasteiger partial charge in [0.1, 0.15) is 5.56 Å². The zero-order valence-electron chi connectivity index (χ0n) is 9.31. The van der Waals surface area contributed by atoms with Crippen LogP contribution in [0.3, 0.4) is 0 Å². The molecule has 18 heavy (non-hydrogen) atoms. The van der Waals surface area contributed by atoms with Gasteiger partial charge in [0.25, 0.3) is 11.6 Å². The number of hydrogen-bond donors (Lipinski definition) is 1. The van der Waals surface area contributed by atoms with Gasteiger partial charge in [-0.3, -0.25) is 14.9 Å². The van der Waals surface area contributed by atoms with Crippen LogP contribution in [0.25, 0.3) is 0 Å². The fourth-order valence-corrected chi connectivity index (χ4v) is 1.28. The number of hydrogen-bond acceptors (Lipinski definition) is 5. The summed E-state index contributed by atoms with van der Waals surface area (Å²) in [6.07, 6.45) is 0. The van der Waals surface area contributed by atoms with E-state index in [0.29, 0.717) is 0 Å². The molecule has 8 heteroatoms. The van der Waals surface area contributed by atoms with Gasteiger partial charge < -0.3 is 10.1 Å². The van der Waals surface area contributed by atoms with Crippen molar-refractivity contribution < 1.29 is 19.2 Å². The summed E-state index contributed by atoms with van der Waals surface area (Å²) in [5, 5.41) is 13.1. The number of halogens is 1. The highest BCUT2D eigenvalue weighted by molar-refractivity contribution is 6.31. The van der Waals surface area contributed by atoms with Crippen LogP contribution in [0.1, 0.15) is 10.4 Å². The van der Waals surface area contributed by atoms with Gasteiger partial charge >= 0.3 is 5.97 Å². The number of nitrogens with zero attached hydrogens (tertiary/aromatic N) is 1. The van der Waals surface area contributed by atoms with Gasteiger partial charge in [-0.25, -0.2) is 4.79 Å². The number of rotatable bonds is 4. The van der Waals surface area contributed by atoms with Crippen LogP contribution in [0.4, 0.5) is 5.69 Å². The molecular formula is C10H9ClN2O5. The fourth-order valence-electron chi connectivity index (χ4n) is 1.11. The molecule has 1 rings (SSSR count).